The highest BCUT2D eigenvalue weighted by Crippen LogP contribution is 2.19. The van der Waals surface area contributed by atoms with Crippen molar-refractivity contribution in [3.63, 3.8) is 0 Å². The lowest BCUT2D eigenvalue weighted by Crippen LogP contribution is -2.19. The number of rotatable bonds is 2. The van der Waals surface area contributed by atoms with Crippen LogP contribution in [-0.2, 0) is 14.3 Å². The van der Waals surface area contributed by atoms with Crippen LogP contribution in [0.15, 0.2) is 11.6 Å². The molecule has 0 N–H and O–H groups in total. The van der Waals surface area contributed by atoms with Crippen molar-refractivity contribution in [1.82, 2.24) is 0 Å². The zero-order valence-corrected chi connectivity index (χ0v) is 9.04. The van der Waals surface area contributed by atoms with Crippen LogP contribution in [-0.4, -0.2) is 25.3 Å². The minimum absolute atomic E-state index is 0.0124. The lowest BCUT2D eigenvalue weighted by atomic mass is 10.1. The maximum atomic E-state index is 11.8. The Morgan fingerprint density at radius 2 is 2.33 bits per heavy atom. The summed E-state index contributed by atoms with van der Waals surface area (Å²) in [7, 11) is 0. The summed E-state index contributed by atoms with van der Waals surface area (Å²) in [6, 6.07) is 0. The first kappa shape index (κ1) is 10.7. The molecule has 2 aliphatic rings. The number of carbonyl (C=O) groups excluding carboxylic acids is 1. The Kier molecular flexibility index (Phi) is 3.78. The Labute approximate surface area is 90.4 Å². The fraction of sp³-hybridized carbons (Fsp3) is 0.750. The molecule has 0 aromatic heterocycles. The lowest BCUT2D eigenvalue weighted by molar-refractivity contribution is -0.144. The number of allylic oxidation sites excluding steroid dienone is 1. The molecule has 1 atom stereocenters. The summed E-state index contributed by atoms with van der Waals surface area (Å²) in [6.07, 6.45) is 8.31. The van der Waals surface area contributed by atoms with E-state index in [9.17, 15) is 4.79 Å². The molecule has 0 unspecified atom stereocenters. The first-order valence-electron chi connectivity index (χ1n) is 5.84. The number of hydrogen-bond acceptors (Lipinski definition) is 3. The molecule has 0 radical (unpaired) electrons. The predicted molar refractivity (Wildman–Crippen MR) is 56.5 cm³/mol. The van der Waals surface area contributed by atoms with E-state index < -0.39 is 0 Å². The SMILES string of the molecule is O=C(O[C@@H]1CCOC1)C1=CCCCCC1. The summed E-state index contributed by atoms with van der Waals surface area (Å²) in [5.41, 5.74) is 0.874. The molecule has 1 fully saturated rings. The minimum Gasteiger partial charge on any atom is -0.456 e. The Hall–Kier alpha value is -0.830. The first-order valence-corrected chi connectivity index (χ1v) is 5.84. The average molecular weight is 210 g/mol. The molecule has 1 saturated heterocycles. The number of carbonyl (C=O) groups is 1. The summed E-state index contributed by atoms with van der Waals surface area (Å²) in [6.45, 7) is 1.29. The van der Waals surface area contributed by atoms with Crippen LogP contribution in [0.3, 0.4) is 0 Å². The van der Waals surface area contributed by atoms with Gasteiger partial charge in [0.2, 0.25) is 0 Å². The van der Waals surface area contributed by atoms with Crippen molar-refractivity contribution in [1.29, 1.82) is 0 Å². The van der Waals surface area contributed by atoms with Crippen molar-refractivity contribution >= 4 is 5.97 Å². The third kappa shape index (κ3) is 3.06. The highest BCUT2D eigenvalue weighted by molar-refractivity contribution is 5.88. The highest BCUT2D eigenvalue weighted by atomic mass is 16.6. The molecule has 1 heterocycles. The van der Waals surface area contributed by atoms with Gasteiger partial charge in [-0.1, -0.05) is 12.5 Å². The first-order chi connectivity index (χ1) is 7.36. The van der Waals surface area contributed by atoms with Crippen molar-refractivity contribution in [3.05, 3.63) is 11.6 Å². The zero-order valence-electron chi connectivity index (χ0n) is 9.04. The van der Waals surface area contributed by atoms with Crippen LogP contribution in [0.4, 0.5) is 0 Å². The topological polar surface area (TPSA) is 35.5 Å². The van der Waals surface area contributed by atoms with Crippen molar-refractivity contribution in [3.8, 4) is 0 Å². The maximum Gasteiger partial charge on any atom is 0.334 e. The normalized spacial score (nSPS) is 26.9. The van der Waals surface area contributed by atoms with Gasteiger partial charge in [-0.3, -0.25) is 0 Å². The molecular formula is C12H18O3. The van der Waals surface area contributed by atoms with Gasteiger partial charge >= 0.3 is 5.97 Å². The van der Waals surface area contributed by atoms with E-state index in [4.69, 9.17) is 9.47 Å². The predicted octanol–water partition coefficient (Wildman–Crippen LogP) is 2.21. The molecule has 15 heavy (non-hydrogen) atoms. The van der Waals surface area contributed by atoms with Crippen molar-refractivity contribution in [2.75, 3.05) is 13.2 Å². The monoisotopic (exact) mass is 210 g/mol. The average Bonchev–Trinajstić information content (AvgIpc) is 2.58. The molecule has 1 aliphatic heterocycles. The van der Waals surface area contributed by atoms with Crippen LogP contribution in [0.25, 0.3) is 0 Å². The van der Waals surface area contributed by atoms with Gasteiger partial charge in [-0.05, 0) is 25.7 Å². The summed E-state index contributed by atoms with van der Waals surface area (Å²) < 4.78 is 10.5. The summed E-state index contributed by atoms with van der Waals surface area (Å²) in [5.74, 6) is -0.118. The maximum absolute atomic E-state index is 11.8. The second kappa shape index (κ2) is 5.31. The standard InChI is InChI=1S/C12H18O3/c13-12(15-11-7-8-14-9-11)10-5-3-1-2-4-6-10/h5,11H,1-4,6-9H2/t11-/m1/s1. The fourth-order valence-corrected chi connectivity index (χ4v) is 2.03. The number of hydrogen-bond donors (Lipinski definition) is 0. The molecule has 0 aromatic carbocycles. The van der Waals surface area contributed by atoms with Crippen LogP contribution < -0.4 is 0 Å². The van der Waals surface area contributed by atoms with E-state index in [1.165, 1.54) is 12.8 Å². The Balaban J connectivity index is 1.85. The molecule has 0 spiro atoms. The molecule has 84 valence electrons. The van der Waals surface area contributed by atoms with Gasteiger partial charge in [-0.15, -0.1) is 0 Å². The van der Waals surface area contributed by atoms with Crippen LogP contribution in [0.5, 0.6) is 0 Å². The van der Waals surface area contributed by atoms with Crippen molar-refractivity contribution in [2.24, 2.45) is 0 Å². The van der Waals surface area contributed by atoms with E-state index in [1.807, 2.05) is 6.08 Å². The van der Waals surface area contributed by atoms with E-state index in [0.29, 0.717) is 6.61 Å². The minimum atomic E-state index is -0.118. The van der Waals surface area contributed by atoms with Crippen molar-refractivity contribution < 1.29 is 14.3 Å². The molecular weight excluding hydrogens is 192 g/mol. The van der Waals surface area contributed by atoms with Gasteiger partial charge in [0.15, 0.2) is 0 Å². The zero-order chi connectivity index (χ0) is 10.5. The van der Waals surface area contributed by atoms with Crippen LogP contribution in [0.1, 0.15) is 38.5 Å². The van der Waals surface area contributed by atoms with E-state index in [0.717, 1.165) is 37.9 Å². The molecule has 0 amide bonds. The summed E-state index contributed by atoms with van der Waals surface area (Å²) in [5, 5.41) is 0. The van der Waals surface area contributed by atoms with Gasteiger partial charge in [0.25, 0.3) is 0 Å². The molecule has 0 saturated carbocycles. The van der Waals surface area contributed by atoms with Gasteiger partial charge in [-0.25, -0.2) is 4.79 Å². The Morgan fingerprint density at radius 1 is 1.40 bits per heavy atom. The summed E-state index contributed by atoms with van der Waals surface area (Å²) in [4.78, 5) is 11.8. The third-order valence-corrected chi connectivity index (χ3v) is 2.96. The second-order valence-corrected chi connectivity index (χ2v) is 4.22. The third-order valence-electron chi connectivity index (χ3n) is 2.96. The van der Waals surface area contributed by atoms with E-state index >= 15 is 0 Å². The summed E-state index contributed by atoms with van der Waals surface area (Å²) >= 11 is 0. The van der Waals surface area contributed by atoms with Crippen molar-refractivity contribution in [2.45, 2.75) is 44.6 Å². The van der Waals surface area contributed by atoms with Gasteiger partial charge < -0.3 is 9.47 Å². The fourth-order valence-electron chi connectivity index (χ4n) is 2.03. The van der Waals surface area contributed by atoms with Gasteiger partial charge in [-0.2, -0.15) is 0 Å². The Bertz CT molecular complexity index is 252. The molecule has 2 rings (SSSR count). The number of ether oxygens (including phenoxy) is 2. The molecule has 1 aliphatic carbocycles. The molecule has 3 heteroatoms. The van der Waals surface area contributed by atoms with Crippen LogP contribution in [0.2, 0.25) is 0 Å². The lowest BCUT2D eigenvalue weighted by Gasteiger charge is -2.11. The van der Waals surface area contributed by atoms with Gasteiger partial charge in [0.05, 0.1) is 13.2 Å². The molecule has 0 aromatic rings. The van der Waals surface area contributed by atoms with Crippen LogP contribution in [0, 0.1) is 0 Å². The van der Waals surface area contributed by atoms with E-state index in [2.05, 4.69) is 0 Å². The van der Waals surface area contributed by atoms with Gasteiger partial charge in [0.1, 0.15) is 6.10 Å². The van der Waals surface area contributed by atoms with E-state index in [-0.39, 0.29) is 12.1 Å². The van der Waals surface area contributed by atoms with E-state index in [1.54, 1.807) is 0 Å². The molecule has 0 bridgehead atoms. The second-order valence-electron chi connectivity index (χ2n) is 4.22. The highest BCUT2D eigenvalue weighted by Gasteiger charge is 2.22. The van der Waals surface area contributed by atoms with Gasteiger partial charge in [0, 0.05) is 12.0 Å². The molecule has 3 nitrogen and oxygen atoms in total. The number of esters is 1. The smallest absolute Gasteiger partial charge is 0.334 e. The quantitative estimate of drug-likeness (QED) is 0.655. The van der Waals surface area contributed by atoms with Crippen LogP contribution >= 0.6 is 0 Å². The largest absolute Gasteiger partial charge is 0.456 e. The Morgan fingerprint density at radius 3 is 3.13 bits per heavy atom.